The minimum atomic E-state index is -0.607. The molecule has 0 saturated carbocycles. The molecule has 2 N–H and O–H groups in total. The predicted octanol–water partition coefficient (Wildman–Crippen LogP) is 3.76. The molecule has 2 heterocycles. The molecule has 0 atom stereocenters. The molecule has 0 aliphatic rings. The van der Waals surface area contributed by atoms with Gasteiger partial charge in [0.1, 0.15) is 17.2 Å². The third-order valence-corrected chi connectivity index (χ3v) is 4.42. The summed E-state index contributed by atoms with van der Waals surface area (Å²) in [6, 6.07) is 16.7. The molecule has 0 aliphatic heterocycles. The Morgan fingerprint density at radius 2 is 2.00 bits per heavy atom. The molecule has 4 rings (SSSR count). The van der Waals surface area contributed by atoms with E-state index in [4.69, 9.17) is 5.26 Å². The lowest BCUT2D eigenvalue weighted by molar-refractivity contribution is 0.102. The summed E-state index contributed by atoms with van der Waals surface area (Å²) < 4.78 is 15.3. The van der Waals surface area contributed by atoms with Crippen molar-refractivity contribution in [2.45, 2.75) is 6.61 Å². The van der Waals surface area contributed by atoms with Crippen molar-refractivity contribution < 1.29 is 14.3 Å². The number of nitrogens with zero attached hydrogens (tertiary/aromatic N) is 3. The molecular formula is C22H15FN4O2. The van der Waals surface area contributed by atoms with Crippen molar-refractivity contribution in [2.24, 2.45) is 0 Å². The van der Waals surface area contributed by atoms with E-state index in [0.717, 1.165) is 28.8 Å². The number of hydrogen-bond acceptors (Lipinski definition) is 4. The monoisotopic (exact) mass is 386 g/mol. The number of benzene rings is 2. The number of aliphatic hydroxyl groups is 1. The van der Waals surface area contributed by atoms with Gasteiger partial charge in [-0.25, -0.2) is 9.37 Å². The lowest BCUT2D eigenvalue weighted by Crippen LogP contribution is -2.12. The van der Waals surface area contributed by atoms with Crippen LogP contribution in [0.4, 0.5) is 10.1 Å². The van der Waals surface area contributed by atoms with E-state index in [9.17, 15) is 14.3 Å². The molecule has 0 bridgehead atoms. The number of anilines is 1. The Morgan fingerprint density at radius 3 is 2.79 bits per heavy atom. The zero-order valence-electron chi connectivity index (χ0n) is 15.1. The number of hydrogen-bond donors (Lipinski definition) is 2. The van der Waals surface area contributed by atoms with Crippen molar-refractivity contribution in [3.05, 3.63) is 89.6 Å². The van der Waals surface area contributed by atoms with Crippen LogP contribution in [0.5, 0.6) is 0 Å². The smallest absolute Gasteiger partial charge is 0.275 e. The normalized spacial score (nSPS) is 10.7. The number of carbonyl (C=O) groups is 1. The molecule has 7 heteroatoms. The molecule has 2 aromatic carbocycles. The number of rotatable bonds is 4. The van der Waals surface area contributed by atoms with Gasteiger partial charge in [0.2, 0.25) is 0 Å². The van der Waals surface area contributed by atoms with E-state index in [-0.39, 0.29) is 23.6 Å². The summed E-state index contributed by atoms with van der Waals surface area (Å²) in [5.41, 5.74) is 3.66. The molecule has 0 saturated heterocycles. The van der Waals surface area contributed by atoms with Crippen LogP contribution < -0.4 is 5.32 Å². The SMILES string of the molecule is N#Cc1cc(F)cc(NC(=O)c2cn3ccc(-c4cccc(CO)c4)cc3n2)c1. The second kappa shape index (κ2) is 7.54. The van der Waals surface area contributed by atoms with Gasteiger partial charge in [-0.05, 0) is 53.1 Å². The summed E-state index contributed by atoms with van der Waals surface area (Å²) in [5.74, 6) is -1.11. The van der Waals surface area contributed by atoms with E-state index >= 15 is 0 Å². The summed E-state index contributed by atoms with van der Waals surface area (Å²) >= 11 is 0. The van der Waals surface area contributed by atoms with Gasteiger partial charge in [0.05, 0.1) is 18.2 Å². The Balaban J connectivity index is 1.63. The molecule has 0 unspecified atom stereocenters. The minimum Gasteiger partial charge on any atom is -0.392 e. The maximum absolute atomic E-state index is 13.6. The lowest BCUT2D eigenvalue weighted by atomic mass is 10.0. The van der Waals surface area contributed by atoms with E-state index in [0.29, 0.717) is 5.65 Å². The Labute approximate surface area is 165 Å². The number of amides is 1. The first-order valence-electron chi connectivity index (χ1n) is 8.77. The number of fused-ring (bicyclic) bond motifs is 1. The van der Waals surface area contributed by atoms with Crippen molar-refractivity contribution in [3.63, 3.8) is 0 Å². The Hall–Kier alpha value is -4.02. The second-order valence-corrected chi connectivity index (χ2v) is 6.46. The number of aliphatic hydroxyl groups excluding tert-OH is 1. The van der Waals surface area contributed by atoms with Gasteiger partial charge in [0.15, 0.2) is 0 Å². The molecule has 0 fully saturated rings. The first-order valence-corrected chi connectivity index (χ1v) is 8.77. The maximum atomic E-state index is 13.6. The van der Waals surface area contributed by atoms with Crippen LogP contribution in [0.2, 0.25) is 0 Å². The van der Waals surface area contributed by atoms with Crippen LogP contribution in [0.15, 0.2) is 67.0 Å². The molecule has 0 spiro atoms. The highest BCUT2D eigenvalue weighted by atomic mass is 19.1. The van der Waals surface area contributed by atoms with Crippen LogP contribution in [0.1, 0.15) is 21.6 Å². The van der Waals surface area contributed by atoms with E-state index < -0.39 is 11.7 Å². The van der Waals surface area contributed by atoms with E-state index in [1.54, 1.807) is 16.8 Å². The third kappa shape index (κ3) is 3.83. The Bertz CT molecular complexity index is 1270. The fourth-order valence-corrected chi connectivity index (χ4v) is 3.04. The van der Waals surface area contributed by atoms with E-state index in [2.05, 4.69) is 10.3 Å². The van der Waals surface area contributed by atoms with E-state index in [1.165, 1.54) is 6.07 Å². The molecule has 29 heavy (non-hydrogen) atoms. The molecule has 0 aliphatic carbocycles. The van der Waals surface area contributed by atoms with Crippen molar-refractivity contribution in [2.75, 3.05) is 5.32 Å². The van der Waals surface area contributed by atoms with Crippen LogP contribution in [-0.2, 0) is 6.61 Å². The van der Waals surface area contributed by atoms with Gasteiger partial charge >= 0.3 is 0 Å². The number of imidazole rings is 1. The topological polar surface area (TPSA) is 90.4 Å². The molecule has 1 amide bonds. The summed E-state index contributed by atoms with van der Waals surface area (Å²) in [5, 5.41) is 20.8. The van der Waals surface area contributed by atoms with Crippen LogP contribution >= 0.6 is 0 Å². The summed E-state index contributed by atoms with van der Waals surface area (Å²) in [6.07, 6.45) is 3.36. The molecular weight excluding hydrogens is 371 g/mol. The highest BCUT2D eigenvalue weighted by molar-refractivity contribution is 6.03. The van der Waals surface area contributed by atoms with Gasteiger partial charge in [0, 0.05) is 18.1 Å². The number of nitriles is 1. The first-order chi connectivity index (χ1) is 14.1. The fraction of sp³-hybridized carbons (Fsp3) is 0.0455. The molecule has 142 valence electrons. The molecule has 0 radical (unpaired) electrons. The molecule has 6 nitrogen and oxygen atoms in total. The quantitative estimate of drug-likeness (QED) is 0.559. The first kappa shape index (κ1) is 18.3. The van der Waals surface area contributed by atoms with Crippen molar-refractivity contribution in [1.82, 2.24) is 9.38 Å². The van der Waals surface area contributed by atoms with Gasteiger partial charge in [-0.15, -0.1) is 0 Å². The average molecular weight is 386 g/mol. The Morgan fingerprint density at radius 1 is 1.17 bits per heavy atom. The van der Waals surface area contributed by atoms with Gasteiger partial charge in [0.25, 0.3) is 5.91 Å². The van der Waals surface area contributed by atoms with Gasteiger partial charge < -0.3 is 14.8 Å². The number of aromatic nitrogens is 2. The number of carbonyl (C=O) groups excluding carboxylic acids is 1. The van der Waals surface area contributed by atoms with Crippen LogP contribution in [0.25, 0.3) is 16.8 Å². The van der Waals surface area contributed by atoms with Gasteiger partial charge in [-0.1, -0.05) is 18.2 Å². The predicted molar refractivity (Wildman–Crippen MR) is 106 cm³/mol. The third-order valence-electron chi connectivity index (χ3n) is 4.42. The summed E-state index contributed by atoms with van der Waals surface area (Å²) in [7, 11) is 0. The Kier molecular flexibility index (Phi) is 4.77. The largest absolute Gasteiger partial charge is 0.392 e. The molecule has 2 aromatic heterocycles. The number of nitrogens with one attached hydrogen (secondary N) is 1. The number of halogens is 1. The van der Waals surface area contributed by atoms with Crippen molar-refractivity contribution in [1.29, 1.82) is 5.26 Å². The van der Waals surface area contributed by atoms with Crippen LogP contribution in [-0.4, -0.2) is 20.4 Å². The highest BCUT2D eigenvalue weighted by Gasteiger charge is 2.13. The fourth-order valence-electron chi connectivity index (χ4n) is 3.04. The van der Waals surface area contributed by atoms with Crippen LogP contribution in [0.3, 0.4) is 0 Å². The second-order valence-electron chi connectivity index (χ2n) is 6.46. The van der Waals surface area contributed by atoms with Crippen molar-refractivity contribution in [3.8, 4) is 17.2 Å². The summed E-state index contributed by atoms with van der Waals surface area (Å²) in [6.45, 7) is -0.0443. The van der Waals surface area contributed by atoms with Crippen LogP contribution in [0, 0.1) is 17.1 Å². The minimum absolute atomic E-state index is 0.0443. The standard InChI is InChI=1S/C22H15FN4O2/c23-18-7-15(11-24)8-19(10-18)25-22(29)20-12-27-5-4-17(9-21(27)26-20)16-3-1-2-14(6-16)13-28/h1-10,12,28H,13H2,(H,25,29). The van der Waals surface area contributed by atoms with Gasteiger partial charge in [-0.2, -0.15) is 5.26 Å². The number of pyridine rings is 1. The van der Waals surface area contributed by atoms with Crippen molar-refractivity contribution >= 4 is 17.2 Å². The highest BCUT2D eigenvalue weighted by Crippen LogP contribution is 2.22. The maximum Gasteiger partial charge on any atom is 0.275 e. The summed E-state index contributed by atoms with van der Waals surface area (Å²) in [4.78, 5) is 16.9. The van der Waals surface area contributed by atoms with E-state index in [1.807, 2.05) is 42.5 Å². The lowest BCUT2D eigenvalue weighted by Gasteiger charge is -2.04. The zero-order valence-corrected chi connectivity index (χ0v) is 15.1. The molecule has 4 aromatic rings. The van der Waals surface area contributed by atoms with Gasteiger partial charge in [-0.3, -0.25) is 4.79 Å². The average Bonchev–Trinajstić information content (AvgIpc) is 3.17. The zero-order chi connectivity index (χ0) is 20.4.